The maximum absolute atomic E-state index is 11.5. The van der Waals surface area contributed by atoms with Gasteiger partial charge in [-0.2, -0.15) is 14.7 Å². The number of hydrogen-bond donors (Lipinski definition) is 2. The highest BCUT2D eigenvalue weighted by molar-refractivity contribution is 5.34. The van der Waals surface area contributed by atoms with E-state index in [-0.39, 0.29) is 5.69 Å². The van der Waals surface area contributed by atoms with Gasteiger partial charge in [0.1, 0.15) is 0 Å². The normalized spacial score (nSPS) is 17.2. The maximum atomic E-state index is 11.5. The highest BCUT2D eigenvalue weighted by Crippen LogP contribution is 2.33. The van der Waals surface area contributed by atoms with Crippen LogP contribution in [0.25, 0.3) is 5.65 Å². The van der Waals surface area contributed by atoms with Crippen molar-refractivity contribution in [3.8, 4) is 0 Å². The molecule has 0 aromatic carbocycles. The molecule has 18 heavy (non-hydrogen) atoms. The van der Waals surface area contributed by atoms with E-state index < -0.39 is 0 Å². The summed E-state index contributed by atoms with van der Waals surface area (Å²) in [5.41, 5.74) is 1.22. The van der Waals surface area contributed by atoms with Crippen LogP contribution in [0.1, 0.15) is 25.5 Å². The predicted molar refractivity (Wildman–Crippen MR) is 67.5 cm³/mol. The first-order chi connectivity index (χ1) is 8.78. The van der Waals surface area contributed by atoms with E-state index in [1.807, 2.05) is 12.1 Å². The van der Waals surface area contributed by atoms with Gasteiger partial charge in [-0.3, -0.25) is 0 Å². The molecule has 0 saturated heterocycles. The molecular formula is C12H17N5O. The molecule has 1 aliphatic carbocycles. The summed E-state index contributed by atoms with van der Waals surface area (Å²) < 4.78 is 1.32. The van der Waals surface area contributed by atoms with E-state index in [0.29, 0.717) is 11.7 Å². The molecule has 0 amide bonds. The fourth-order valence-corrected chi connectivity index (χ4v) is 2.34. The fraction of sp³-hybridized carbons (Fsp3) is 0.583. The molecule has 3 rings (SSSR count). The molecule has 2 N–H and O–H groups in total. The van der Waals surface area contributed by atoms with Gasteiger partial charge in [0.15, 0.2) is 5.65 Å². The lowest BCUT2D eigenvalue weighted by Crippen LogP contribution is -2.33. The molecule has 2 heterocycles. The number of aromatic amines is 1. The summed E-state index contributed by atoms with van der Waals surface area (Å²) in [5.74, 6) is 0.767. The van der Waals surface area contributed by atoms with Gasteiger partial charge in [-0.1, -0.05) is 6.92 Å². The zero-order valence-electron chi connectivity index (χ0n) is 10.4. The molecule has 0 spiro atoms. The third kappa shape index (κ3) is 2.15. The lowest BCUT2D eigenvalue weighted by Gasteiger charge is -2.16. The maximum Gasteiger partial charge on any atom is 0.364 e. The van der Waals surface area contributed by atoms with Gasteiger partial charge in [-0.25, -0.2) is 9.89 Å². The van der Waals surface area contributed by atoms with E-state index in [1.54, 1.807) is 0 Å². The Bertz CT molecular complexity index is 598. The lowest BCUT2D eigenvalue weighted by molar-refractivity contribution is 0.466. The molecule has 0 aliphatic heterocycles. The molecule has 2 aromatic rings. The van der Waals surface area contributed by atoms with Crippen LogP contribution in [-0.2, 0) is 6.42 Å². The summed E-state index contributed by atoms with van der Waals surface area (Å²) in [6, 6.07) is 4.25. The van der Waals surface area contributed by atoms with Gasteiger partial charge in [-0.15, -0.1) is 0 Å². The fourth-order valence-electron chi connectivity index (χ4n) is 2.34. The van der Waals surface area contributed by atoms with E-state index >= 15 is 0 Å². The second kappa shape index (κ2) is 4.53. The summed E-state index contributed by atoms with van der Waals surface area (Å²) >= 11 is 0. The molecule has 0 radical (unpaired) electrons. The lowest BCUT2D eigenvalue weighted by atomic mass is 10.1. The number of aromatic nitrogens is 4. The number of fused-ring (bicyclic) bond motifs is 1. The third-order valence-corrected chi connectivity index (χ3v) is 3.42. The molecular weight excluding hydrogens is 230 g/mol. The summed E-state index contributed by atoms with van der Waals surface area (Å²) in [6.07, 6.45) is 3.46. The van der Waals surface area contributed by atoms with Crippen molar-refractivity contribution in [2.45, 2.75) is 32.2 Å². The molecule has 1 saturated carbocycles. The van der Waals surface area contributed by atoms with Gasteiger partial charge < -0.3 is 5.32 Å². The quantitative estimate of drug-likeness (QED) is 0.799. The molecule has 1 fully saturated rings. The van der Waals surface area contributed by atoms with Crippen LogP contribution < -0.4 is 11.0 Å². The van der Waals surface area contributed by atoms with Crippen LogP contribution in [-0.4, -0.2) is 32.4 Å². The third-order valence-electron chi connectivity index (χ3n) is 3.42. The number of likely N-dealkylation sites (N-methyl/N-ethyl adjacent to an activating group) is 1. The van der Waals surface area contributed by atoms with E-state index in [1.165, 1.54) is 17.4 Å². The van der Waals surface area contributed by atoms with Crippen molar-refractivity contribution in [3.63, 3.8) is 0 Å². The Morgan fingerprint density at radius 1 is 1.56 bits per heavy atom. The van der Waals surface area contributed by atoms with Crippen molar-refractivity contribution in [1.29, 1.82) is 0 Å². The monoisotopic (exact) mass is 247 g/mol. The van der Waals surface area contributed by atoms with Gasteiger partial charge >= 0.3 is 5.69 Å². The molecule has 0 bridgehead atoms. The number of hydrogen-bond acceptors (Lipinski definition) is 4. The van der Waals surface area contributed by atoms with Gasteiger partial charge in [0, 0.05) is 12.5 Å². The summed E-state index contributed by atoms with van der Waals surface area (Å²) in [4.78, 5) is 11.5. The van der Waals surface area contributed by atoms with Gasteiger partial charge in [0.2, 0.25) is 0 Å². The minimum atomic E-state index is -0.279. The summed E-state index contributed by atoms with van der Waals surface area (Å²) in [7, 11) is 0. The molecule has 2 aromatic heterocycles. The smallest absolute Gasteiger partial charge is 0.314 e. The van der Waals surface area contributed by atoms with E-state index in [2.05, 4.69) is 27.5 Å². The Morgan fingerprint density at radius 2 is 2.39 bits per heavy atom. The van der Waals surface area contributed by atoms with Crippen LogP contribution in [0.4, 0.5) is 0 Å². The first-order valence-corrected chi connectivity index (χ1v) is 6.44. The number of nitrogens with one attached hydrogen (secondary N) is 2. The topological polar surface area (TPSA) is 75.1 Å². The van der Waals surface area contributed by atoms with Crippen molar-refractivity contribution < 1.29 is 0 Å². The molecule has 1 unspecified atom stereocenters. The predicted octanol–water partition coefficient (Wildman–Crippen LogP) is 0.348. The van der Waals surface area contributed by atoms with Crippen molar-refractivity contribution in [2.75, 3.05) is 6.54 Å². The van der Waals surface area contributed by atoms with Crippen molar-refractivity contribution in [2.24, 2.45) is 5.92 Å². The summed E-state index contributed by atoms with van der Waals surface area (Å²) in [5, 5.41) is 14.1. The largest absolute Gasteiger partial charge is 0.364 e. The van der Waals surface area contributed by atoms with Gasteiger partial charge in [0.05, 0.1) is 5.69 Å². The zero-order chi connectivity index (χ0) is 12.5. The van der Waals surface area contributed by atoms with Crippen molar-refractivity contribution >= 4 is 5.65 Å². The molecule has 6 heteroatoms. The van der Waals surface area contributed by atoms with Crippen LogP contribution in [0.5, 0.6) is 0 Å². The van der Waals surface area contributed by atoms with Crippen LogP contribution >= 0.6 is 0 Å². The van der Waals surface area contributed by atoms with Crippen molar-refractivity contribution in [1.82, 2.24) is 25.1 Å². The average molecular weight is 247 g/mol. The first kappa shape index (κ1) is 11.4. The Hall–Kier alpha value is -1.69. The zero-order valence-corrected chi connectivity index (χ0v) is 10.4. The minimum absolute atomic E-state index is 0.279. The Kier molecular flexibility index (Phi) is 2.87. The van der Waals surface area contributed by atoms with Gasteiger partial charge in [0.25, 0.3) is 0 Å². The molecule has 96 valence electrons. The van der Waals surface area contributed by atoms with Gasteiger partial charge in [-0.05, 0) is 37.4 Å². The molecule has 1 aliphatic rings. The van der Waals surface area contributed by atoms with Crippen LogP contribution in [0.3, 0.4) is 0 Å². The first-order valence-electron chi connectivity index (χ1n) is 6.44. The molecule has 6 nitrogen and oxygen atoms in total. The highest BCUT2D eigenvalue weighted by atomic mass is 16.2. The SMILES string of the molecule is CCNC(Cc1ccc2n[nH]c(=O)n2n1)C1CC1. The Morgan fingerprint density at radius 3 is 3.11 bits per heavy atom. The molecule has 1 atom stereocenters. The second-order valence-corrected chi connectivity index (χ2v) is 4.83. The standard InChI is InChI=1S/C12H17N5O/c1-2-13-10(8-3-4-8)7-9-5-6-11-14-15-12(18)17(11)16-9/h5-6,8,10,13H,2-4,7H2,1H3,(H,15,18). The van der Waals surface area contributed by atoms with E-state index in [4.69, 9.17) is 0 Å². The van der Waals surface area contributed by atoms with E-state index in [9.17, 15) is 4.79 Å². The average Bonchev–Trinajstić information content (AvgIpc) is 3.15. The Labute approximate surface area is 104 Å². The number of nitrogens with zero attached hydrogens (tertiary/aromatic N) is 3. The number of rotatable bonds is 5. The minimum Gasteiger partial charge on any atom is -0.314 e. The van der Waals surface area contributed by atoms with Crippen LogP contribution in [0.15, 0.2) is 16.9 Å². The number of H-pyrrole nitrogens is 1. The highest BCUT2D eigenvalue weighted by Gasteiger charge is 2.30. The van der Waals surface area contributed by atoms with Crippen molar-refractivity contribution in [3.05, 3.63) is 28.3 Å². The van der Waals surface area contributed by atoms with Crippen LogP contribution in [0.2, 0.25) is 0 Å². The van der Waals surface area contributed by atoms with Crippen LogP contribution in [0, 0.1) is 5.92 Å². The second-order valence-electron chi connectivity index (χ2n) is 4.83. The van der Waals surface area contributed by atoms with E-state index in [0.717, 1.165) is 24.6 Å². The summed E-state index contributed by atoms with van der Waals surface area (Å²) in [6.45, 7) is 3.08. The Balaban J connectivity index is 1.84.